The highest BCUT2D eigenvalue weighted by atomic mass is 35.5. The van der Waals surface area contributed by atoms with Gasteiger partial charge in [0.25, 0.3) is 0 Å². The number of nitrogens with two attached hydrogens (primary N) is 1. The summed E-state index contributed by atoms with van der Waals surface area (Å²) in [5.41, 5.74) is 5.64. The maximum absolute atomic E-state index is 12.6. The Morgan fingerprint density at radius 1 is 1.40 bits per heavy atom. The molecule has 25 heavy (non-hydrogen) atoms. The Morgan fingerprint density at radius 2 is 2.04 bits per heavy atom. The van der Waals surface area contributed by atoms with Crippen LogP contribution in [0.4, 0.5) is 13.2 Å². The molecule has 2 N–H and O–H groups in total. The van der Waals surface area contributed by atoms with Crippen LogP contribution in [0.5, 0.6) is 5.88 Å². The second-order valence-corrected chi connectivity index (χ2v) is 8.40. The van der Waals surface area contributed by atoms with Gasteiger partial charge in [-0.05, 0) is 17.9 Å². The second-order valence-electron chi connectivity index (χ2n) is 6.46. The van der Waals surface area contributed by atoms with Crippen LogP contribution < -0.4 is 10.5 Å². The number of alkyl halides is 3. The van der Waals surface area contributed by atoms with Crippen molar-refractivity contribution in [3.8, 4) is 5.88 Å². The van der Waals surface area contributed by atoms with Crippen LogP contribution in [0.3, 0.4) is 0 Å². The highest BCUT2D eigenvalue weighted by molar-refractivity contribution is 7.89. The molecule has 2 heterocycles. The van der Waals surface area contributed by atoms with Crippen LogP contribution in [0.15, 0.2) is 23.2 Å². The topological polar surface area (TPSA) is 85.5 Å². The van der Waals surface area contributed by atoms with Gasteiger partial charge in [-0.25, -0.2) is 13.4 Å². The number of sulfonamides is 1. The van der Waals surface area contributed by atoms with Crippen molar-refractivity contribution in [2.24, 2.45) is 11.1 Å². The molecule has 2 rings (SSSR count). The standard InChI is InChI=1S/C14H20F3N3O3S.ClH/c1-13(2)8-20(6-5-11(13)18)24(21,22)10-3-4-12(19-7-10)23-9-14(15,16)17;/h3-4,7,11H,5-6,8-9,18H2,1-2H3;1H. The molecule has 0 radical (unpaired) electrons. The van der Waals surface area contributed by atoms with E-state index < -0.39 is 22.8 Å². The second kappa shape index (κ2) is 7.65. The molecule has 1 unspecified atom stereocenters. The molecule has 11 heteroatoms. The fourth-order valence-corrected chi connectivity index (χ4v) is 4.01. The summed E-state index contributed by atoms with van der Waals surface area (Å²) in [6.07, 6.45) is -2.94. The lowest BCUT2D eigenvalue weighted by Gasteiger charge is -2.41. The lowest BCUT2D eigenvalue weighted by Crippen LogP contribution is -2.53. The molecular formula is C14H21ClF3N3O3S. The minimum Gasteiger partial charge on any atom is -0.468 e. The molecule has 1 aromatic rings. The van der Waals surface area contributed by atoms with Crippen molar-refractivity contribution in [2.75, 3.05) is 19.7 Å². The first-order valence-electron chi connectivity index (χ1n) is 7.33. The van der Waals surface area contributed by atoms with Crippen molar-refractivity contribution >= 4 is 22.4 Å². The Kier molecular flexibility index (Phi) is 6.71. The number of ether oxygens (including phenoxy) is 1. The van der Waals surface area contributed by atoms with Crippen LogP contribution in [0.2, 0.25) is 0 Å². The number of hydrogen-bond acceptors (Lipinski definition) is 5. The van der Waals surface area contributed by atoms with Crippen LogP contribution in [0, 0.1) is 5.41 Å². The zero-order valence-electron chi connectivity index (χ0n) is 13.8. The largest absolute Gasteiger partial charge is 0.468 e. The monoisotopic (exact) mass is 403 g/mol. The van der Waals surface area contributed by atoms with E-state index in [1.807, 2.05) is 13.8 Å². The quantitative estimate of drug-likeness (QED) is 0.832. The predicted molar refractivity (Wildman–Crippen MR) is 88.2 cm³/mol. The van der Waals surface area contributed by atoms with Crippen LogP contribution in [-0.4, -0.2) is 49.6 Å². The summed E-state index contributed by atoms with van der Waals surface area (Å²) in [5.74, 6) is -0.285. The fraction of sp³-hybridized carbons (Fsp3) is 0.643. The molecule has 0 bridgehead atoms. The Morgan fingerprint density at radius 3 is 2.52 bits per heavy atom. The third-order valence-electron chi connectivity index (χ3n) is 4.01. The Bertz CT molecular complexity index is 681. The molecule has 1 saturated heterocycles. The smallest absolute Gasteiger partial charge is 0.422 e. The molecule has 0 amide bonds. The summed E-state index contributed by atoms with van der Waals surface area (Å²) < 4.78 is 67.3. The van der Waals surface area contributed by atoms with Gasteiger partial charge in [-0.1, -0.05) is 13.8 Å². The van der Waals surface area contributed by atoms with Crippen LogP contribution >= 0.6 is 12.4 Å². The summed E-state index contributed by atoms with van der Waals surface area (Å²) in [6.45, 7) is 2.86. The van der Waals surface area contributed by atoms with Gasteiger partial charge in [0.05, 0.1) is 6.20 Å². The van der Waals surface area contributed by atoms with E-state index in [-0.39, 0.29) is 41.2 Å². The molecular weight excluding hydrogens is 383 g/mol. The van der Waals surface area contributed by atoms with E-state index >= 15 is 0 Å². The number of pyridine rings is 1. The van der Waals surface area contributed by atoms with Crippen molar-refractivity contribution < 1.29 is 26.3 Å². The average Bonchev–Trinajstić information content (AvgIpc) is 2.47. The van der Waals surface area contributed by atoms with Crippen LogP contribution in [0.1, 0.15) is 20.3 Å². The molecule has 0 spiro atoms. The van der Waals surface area contributed by atoms with Crippen molar-refractivity contribution in [3.63, 3.8) is 0 Å². The zero-order chi connectivity index (χ0) is 18.2. The lowest BCUT2D eigenvalue weighted by atomic mass is 9.81. The van der Waals surface area contributed by atoms with Gasteiger partial charge in [0.1, 0.15) is 4.90 Å². The van der Waals surface area contributed by atoms with Gasteiger partial charge < -0.3 is 10.5 Å². The maximum atomic E-state index is 12.6. The molecule has 1 aliphatic rings. The number of hydrogen-bond donors (Lipinski definition) is 1. The van der Waals surface area contributed by atoms with Crippen molar-refractivity contribution in [1.29, 1.82) is 0 Å². The highest BCUT2D eigenvalue weighted by Gasteiger charge is 2.39. The van der Waals surface area contributed by atoms with Crippen LogP contribution in [-0.2, 0) is 10.0 Å². The van der Waals surface area contributed by atoms with Gasteiger partial charge in [0.2, 0.25) is 15.9 Å². The average molecular weight is 404 g/mol. The van der Waals surface area contributed by atoms with E-state index in [1.165, 1.54) is 10.4 Å². The maximum Gasteiger partial charge on any atom is 0.422 e. The summed E-state index contributed by atoms with van der Waals surface area (Å²) in [4.78, 5) is 3.55. The molecule has 0 saturated carbocycles. The Labute approximate surface area is 151 Å². The molecule has 144 valence electrons. The van der Waals surface area contributed by atoms with E-state index in [1.54, 1.807) is 0 Å². The third kappa shape index (κ3) is 5.44. The van der Waals surface area contributed by atoms with Gasteiger partial charge in [-0.15, -0.1) is 12.4 Å². The molecule has 1 aromatic heterocycles. The summed E-state index contributed by atoms with van der Waals surface area (Å²) in [5, 5.41) is 0. The summed E-state index contributed by atoms with van der Waals surface area (Å²) >= 11 is 0. The molecule has 0 aliphatic carbocycles. The Balaban J connectivity index is 0.00000312. The minimum atomic E-state index is -4.48. The minimum absolute atomic E-state index is 0. The van der Waals surface area contributed by atoms with E-state index in [4.69, 9.17) is 5.73 Å². The number of halogens is 4. The highest BCUT2D eigenvalue weighted by Crippen LogP contribution is 2.31. The number of aromatic nitrogens is 1. The van der Waals surface area contributed by atoms with E-state index in [9.17, 15) is 21.6 Å². The molecule has 1 aliphatic heterocycles. The van der Waals surface area contributed by atoms with E-state index in [0.29, 0.717) is 13.0 Å². The lowest BCUT2D eigenvalue weighted by molar-refractivity contribution is -0.154. The van der Waals surface area contributed by atoms with Gasteiger partial charge in [-0.2, -0.15) is 17.5 Å². The fourth-order valence-electron chi connectivity index (χ4n) is 2.44. The van der Waals surface area contributed by atoms with Crippen molar-refractivity contribution in [3.05, 3.63) is 18.3 Å². The molecule has 1 fully saturated rings. The van der Waals surface area contributed by atoms with E-state index in [2.05, 4.69) is 9.72 Å². The van der Waals surface area contributed by atoms with Crippen molar-refractivity contribution in [1.82, 2.24) is 9.29 Å². The zero-order valence-corrected chi connectivity index (χ0v) is 15.4. The summed E-state index contributed by atoms with van der Waals surface area (Å²) in [7, 11) is -3.78. The van der Waals surface area contributed by atoms with Gasteiger partial charge in [0, 0.05) is 25.2 Å². The predicted octanol–water partition coefficient (Wildman–Crippen LogP) is 2.19. The molecule has 6 nitrogen and oxygen atoms in total. The SMILES string of the molecule is CC1(C)CN(S(=O)(=O)c2ccc(OCC(F)(F)F)nc2)CCC1N.Cl. The first-order chi connectivity index (χ1) is 10.9. The van der Waals surface area contributed by atoms with E-state index in [0.717, 1.165) is 12.3 Å². The molecule has 1 atom stereocenters. The Hall–Kier alpha value is -1.10. The number of piperidine rings is 1. The third-order valence-corrected chi connectivity index (χ3v) is 5.84. The van der Waals surface area contributed by atoms with Gasteiger partial charge in [-0.3, -0.25) is 0 Å². The first-order valence-corrected chi connectivity index (χ1v) is 8.77. The normalized spacial score (nSPS) is 21.4. The first kappa shape index (κ1) is 21.9. The van der Waals surface area contributed by atoms with Gasteiger partial charge in [0.15, 0.2) is 6.61 Å². The van der Waals surface area contributed by atoms with Crippen LogP contribution in [0.25, 0.3) is 0 Å². The van der Waals surface area contributed by atoms with Gasteiger partial charge >= 0.3 is 6.18 Å². The van der Waals surface area contributed by atoms with Crippen molar-refractivity contribution in [2.45, 2.75) is 37.4 Å². The summed E-state index contributed by atoms with van der Waals surface area (Å²) in [6, 6.07) is 2.20. The number of rotatable bonds is 4. The number of nitrogens with zero attached hydrogens (tertiary/aromatic N) is 2. The molecule has 0 aromatic carbocycles.